The van der Waals surface area contributed by atoms with Crippen LogP contribution >= 0.6 is 15.9 Å². The molecule has 19 heavy (non-hydrogen) atoms. The quantitative estimate of drug-likeness (QED) is 0.843. The highest BCUT2D eigenvalue weighted by molar-refractivity contribution is 9.11. The molecule has 0 N–H and O–H groups in total. The van der Waals surface area contributed by atoms with Crippen molar-refractivity contribution in [1.29, 1.82) is 0 Å². The molecule has 1 aliphatic heterocycles. The molecule has 0 unspecified atom stereocenters. The van der Waals surface area contributed by atoms with E-state index in [2.05, 4.69) is 32.9 Å². The molecule has 0 radical (unpaired) electrons. The van der Waals surface area contributed by atoms with Crippen LogP contribution in [0.5, 0.6) is 0 Å². The smallest absolute Gasteiger partial charge is 0.292 e. The Labute approximate surface area is 118 Å². The summed E-state index contributed by atoms with van der Waals surface area (Å²) in [6.45, 7) is 3.33. The number of nitrogens with zero attached hydrogens (tertiary/aromatic N) is 3. The van der Waals surface area contributed by atoms with Gasteiger partial charge in [0.2, 0.25) is 0 Å². The fourth-order valence-electron chi connectivity index (χ4n) is 2.00. The molecule has 0 amide bonds. The van der Waals surface area contributed by atoms with Gasteiger partial charge in [-0.1, -0.05) is 21.5 Å². The van der Waals surface area contributed by atoms with E-state index < -0.39 is 12.7 Å². The van der Waals surface area contributed by atoms with Gasteiger partial charge in [-0.15, -0.1) is 0 Å². The molecule has 0 fully saturated rings. The molecule has 0 spiro atoms. The van der Waals surface area contributed by atoms with Crippen LogP contribution in [0.3, 0.4) is 0 Å². The summed E-state index contributed by atoms with van der Waals surface area (Å²) in [6, 6.07) is 1.64. The van der Waals surface area contributed by atoms with Gasteiger partial charge in [0, 0.05) is 30.3 Å². The van der Waals surface area contributed by atoms with Crippen LogP contribution in [0.25, 0.3) is 0 Å². The standard InChI is InChI=1S/C12H15BrF3N3/c1-9-2-4-18(7-11(9)13)6-10-3-5-19(17-10)8-12(14,15)16/h3,5H,2,4,6-8H2,1H3. The maximum absolute atomic E-state index is 12.2. The van der Waals surface area contributed by atoms with Crippen molar-refractivity contribution in [1.82, 2.24) is 14.7 Å². The third-order valence-corrected chi connectivity index (χ3v) is 3.98. The summed E-state index contributed by atoms with van der Waals surface area (Å²) in [4.78, 5) is 2.16. The van der Waals surface area contributed by atoms with Crippen molar-refractivity contribution in [2.75, 3.05) is 13.1 Å². The molecule has 2 heterocycles. The van der Waals surface area contributed by atoms with Gasteiger partial charge in [0.25, 0.3) is 0 Å². The Morgan fingerprint density at radius 3 is 2.79 bits per heavy atom. The first kappa shape index (κ1) is 14.6. The Hall–Kier alpha value is -0.820. The molecule has 1 aliphatic rings. The van der Waals surface area contributed by atoms with Crippen molar-refractivity contribution in [3.8, 4) is 0 Å². The number of rotatable bonds is 3. The number of aromatic nitrogens is 2. The molecule has 0 saturated carbocycles. The summed E-state index contributed by atoms with van der Waals surface area (Å²) in [5.41, 5.74) is 2.00. The van der Waals surface area contributed by atoms with Gasteiger partial charge in [0.1, 0.15) is 6.54 Å². The highest BCUT2D eigenvalue weighted by atomic mass is 79.9. The van der Waals surface area contributed by atoms with Gasteiger partial charge in [-0.05, 0) is 19.4 Å². The van der Waals surface area contributed by atoms with Gasteiger partial charge in [0.05, 0.1) is 5.69 Å². The van der Waals surface area contributed by atoms with Crippen molar-refractivity contribution in [2.45, 2.75) is 32.6 Å². The van der Waals surface area contributed by atoms with Crippen LogP contribution in [-0.2, 0) is 13.1 Å². The van der Waals surface area contributed by atoms with Gasteiger partial charge in [-0.25, -0.2) is 0 Å². The molecular weight excluding hydrogens is 323 g/mol. The first-order valence-corrected chi connectivity index (χ1v) is 6.78. The van der Waals surface area contributed by atoms with Crippen LogP contribution < -0.4 is 0 Å². The molecule has 7 heteroatoms. The van der Waals surface area contributed by atoms with Crippen molar-refractivity contribution < 1.29 is 13.2 Å². The monoisotopic (exact) mass is 337 g/mol. The van der Waals surface area contributed by atoms with Crippen molar-refractivity contribution >= 4 is 15.9 Å². The zero-order chi connectivity index (χ0) is 14.0. The average molecular weight is 338 g/mol. The summed E-state index contributed by atoms with van der Waals surface area (Å²) in [7, 11) is 0. The molecule has 1 aromatic heterocycles. The molecule has 0 bridgehead atoms. The van der Waals surface area contributed by atoms with Gasteiger partial charge in [-0.3, -0.25) is 9.58 Å². The molecule has 106 valence electrons. The normalized spacial score (nSPS) is 18.2. The average Bonchev–Trinajstić information content (AvgIpc) is 2.68. The molecule has 1 aromatic rings. The first-order chi connectivity index (χ1) is 8.83. The zero-order valence-corrected chi connectivity index (χ0v) is 12.1. The number of hydrogen-bond donors (Lipinski definition) is 0. The summed E-state index contributed by atoms with van der Waals surface area (Å²) < 4.78 is 38.8. The fourth-order valence-corrected chi connectivity index (χ4v) is 2.55. The van der Waals surface area contributed by atoms with E-state index in [1.165, 1.54) is 11.8 Å². The highest BCUT2D eigenvalue weighted by Gasteiger charge is 2.28. The molecule has 2 rings (SSSR count). The van der Waals surface area contributed by atoms with E-state index in [4.69, 9.17) is 0 Å². The summed E-state index contributed by atoms with van der Waals surface area (Å²) in [5.74, 6) is 0. The Morgan fingerprint density at radius 2 is 2.16 bits per heavy atom. The second-order valence-electron chi connectivity index (χ2n) is 4.77. The summed E-state index contributed by atoms with van der Waals surface area (Å²) in [5, 5.41) is 3.96. The van der Waals surface area contributed by atoms with E-state index in [0.29, 0.717) is 12.2 Å². The molecule has 3 nitrogen and oxygen atoms in total. The Morgan fingerprint density at radius 1 is 1.42 bits per heavy atom. The minimum atomic E-state index is -4.22. The van der Waals surface area contributed by atoms with Gasteiger partial charge < -0.3 is 0 Å². The van der Waals surface area contributed by atoms with Gasteiger partial charge in [0.15, 0.2) is 0 Å². The molecule has 0 aromatic carbocycles. The summed E-state index contributed by atoms with van der Waals surface area (Å²) >= 11 is 3.52. The third kappa shape index (κ3) is 4.35. The first-order valence-electron chi connectivity index (χ1n) is 5.99. The van der Waals surface area contributed by atoms with Crippen LogP contribution in [0, 0.1) is 0 Å². The lowest BCUT2D eigenvalue weighted by molar-refractivity contribution is -0.142. The van der Waals surface area contributed by atoms with Crippen molar-refractivity contribution in [2.24, 2.45) is 0 Å². The lowest BCUT2D eigenvalue weighted by Gasteiger charge is -2.26. The van der Waals surface area contributed by atoms with Crippen LogP contribution in [0.1, 0.15) is 19.0 Å². The van der Waals surface area contributed by atoms with Crippen LogP contribution in [0.2, 0.25) is 0 Å². The SMILES string of the molecule is CC1=C(Br)CN(Cc2ccn(CC(F)(F)F)n2)CC1. The van der Waals surface area contributed by atoms with E-state index in [9.17, 15) is 13.2 Å². The van der Waals surface area contributed by atoms with Gasteiger partial charge in [-0.2, -0.15) is 18.3 Å². The maximum atomic E-state index is 12.2. The Bertz CT molecular complexity index is 479. The third-order valence-electron chi connectivity index (χ3n) is 3.05. The topological polar surface area (TPSA) is 21.1 Å². The summed E-state index contributed by atoms with van der Waals surface area (Å²) in [6.07, 6.45) is -1.87. The maximum Gasteiger partial charge on any atom is 0.408 e. The lowest BCUT2D eigenvalue weighted by Crippen LogP contribution is -2.30. The fraction of sp³-hybridized carbons (Fsp3) is 0.583. The number of halogens is 4. The minimum Gasteiger partial charge on any atom is -0.292 e. The predicted molar refractivity (Wildman–Crippen MR) is 69.8 cm³/mol. The van der Waals surface area contributed by atoms with E-state index in [-0.39, 0.29) is 0 Å². The van der Waals surface area contributed by atoms with E-state index in [1.54, 1.807) is 6.07 Å². The van der Waals surface area contributed by atoms with Crippen molar-refractivity contribution in [3.05, 3.63) is 28.0 Å². The number of hydrogen-bond acceptors (Lipinski definition) is 2. The zero-order valence-electron chi connectivity index (χ0n) is 10.5. The highest BCUT2D eigenvalue weighted by Crippen LogP contribution is 2.23. The Kier molecular flexibility index (Phi) is 4.35. The molecule has 0 aliphatic carbocycles. The van der Waals surface area contributed by atoms with E-state index >= 15 is 0 Å². The molecular formula is C12H15BrF3N3. The van der Waals surface area contributed by atoms with Crippen LogP contribution in [0.15, 0.2) is 22.3 Å². The Balaban J connectivity index is 1.94. The van der Waals surface area contributed by atoms with Crippen molar-refractivity contribution in [3.63, 3.8) is 0 Å². The van der Waals surface area contributed by atoms with Crippen LogP contribution in [0.4, 0.5) is 13.2 Å². The molecule has 0 atom stereocenters. The second kappa shape index (κ2) is 5.66. The lowest BCUT2D eigenvalue weighted by atomic mass is 10.1. The minimum absolute atomic E-state index is 0.577. The predicted octanol–water partition coefficient (Wildman–Crippen LogP) is 3.32. The largest absolute Gasteiger partial charge is 0.408 e. The second-order valence-corrected chi connectivity index (χ2v) is 5.72. The van der Waals surface area contributed by atoms with Crippen LogP contribution in [-0.4, -0.2) is 33.9 Å². The number of alkyl halides is 3. The van der Waals surface area contributed by atoms with E-state index in [0.717, 1.165) is 28.7 Å². The molecule has 0 saturated heterocycles. The van der Waals surface area contributed by atoms with E-state index in [1.807, 2.05) is 0 Å². The van der Waals surface area contributed by atoms with Gasteiger partial charge >= 0.3 is 6.18 Å².